The summed E-state index contributed by atoms with van der Waals surface area (Å²) in [5.74, 6) is 0. The van der Waals surface area contributed by atoms with Gasteiger partial charge in [0.2, 0.25) is 0 Å². The molecule has 0 atom stereocenters. The molecule has 0 fully saturated rings. The maximum absolute atomic E-state index is 3.43. The van der Waals surface area contributed by atoms with Crippen molar-refractivity contribution in [3.63, 3.8) is 0 Å². The van der Waals surface area contributed by atoms with Crippen LogP contribution in [0.25, 0.3) is 0 Å². The predicted octanol–water partition coefficient (Wildman–Crippen LogP) is 0.917. The highest BCUT2D eigenvalue weighted by molar-refractivity contribution is 4.53. The number of nitrogens with zero attached hydrogens (tertiary/aromatic N) is 1. The smallest absolute Gasteiger partial charge is 0.00767 e. The minimum atomic E-state index is 1.09. The molecule has 14 heavy (non-hydrogen) atoms. The van der Waals surface area contributed by atoms with Gasteiger partial charge in [-0.3, -0.25) is 0 Å². The van der Waals surface area contributed by atoms with Crippen molar-refractivity contribution in [2.75, 3.05) is 46.8 Å². The van der Waals surface area contributed by atoms with Gasteiger partial charge in [0.05, 0.1) is 0 Å². The Kier molecular flexibility index (Phi) is 10.9. The van der Waals surface area contributed by atoms with Crippen LogP contribution < -0.4 is 10.6 Å². The van der Waals surface area contributed by atoms with Gasteiger partial charge in [0, 0.05) is 13.1 Å². The van der Waals surface area contributed by atoms with Crippen molar-refractivity contribution in [3.05, 3.63) is 0 Å². The third kappa shape index (κ3) is 11.9. The van der Waals surface area contributed by atoms with E-state index in [4.69, 9.17) is 0 Å². The lowest BCUT2D eigenvalue weighted by molar-refractivity contribution is 0.394. The van der Waals surface area contributed by atoms with E-state index in [-0.39, 0.29) is 0 Å². The van der Waals surface area contributed by atoms with Crippen LogP contribution in [0.4, 0.5) is 0 Å². The highest BCUT2D eigenvalue weighted by Crippen LogP contribution is 1.82. The third-order valence-electron chi connectivity index (χ3n) is 2.14. The molecule has 0 aliphatic heterocycles. The molecule has 0 spiro atoms. The average molecular weight is 201 g/mol. The van der Waals surface area contributed by atoms with E-state index in [2.05, 4.69) is 36.6 Å². The van der Waals surface area contributed by atoms with Crippen LogP contribution in [0, 0.1) is 0 Å². The first-order chi connectivity index (χ1) is 6.77. The molecule has 0 aromatic rings. The van der Waals surface area contributed by atoms with Gasteiger partial charge in [0.1, 0.15) is 0 Å². The lowest BCUT2D eigenvalue weighted by Crippen LogP contribution is -2.29. The maximum atomic E-state index is 3.43. The van der Waals surface area contributed by atoms with E-state index in [9.17, 15) is 0 Å². The summed E-state index contributed by atoms with van der Waals surface area (Å²) in [5.41, 5.74) is 0. The second kappa shape index (κ2) is 11.0. The van der Waals surface area contributed by atoms with Gasteiger partial charge in [-0.05, 0) is 46.6 Å². The molecule has 0 aromatic carbocycles. The summed E-state index contributed by atoms with van der Waals surface area (Å²) in [6, 6.07) is 0. The first-order valence-electron chi connectivity index (χ1n) is 5.83. The first-order valence-corrected chi connectivity index (χ1v) is 5.83. The Hall–Kier alpha value is -0.120. The fourth-order valence-electron chi connectivity index (χ4n) is 1.25. The highest BCUT2D eigenvalue weighted by atomic mass is 15.1. The summed E-state index contributed by atoms with van der Waals surface area (Å²) >= 11 is 0. The second-order valence-corrected chi connectivity index (χ2v) is 4.01. The molecule has 3 heteroatoms. The molecule has 2 N–H and O–H groups in total. The summed E-state index contributed by atoms with van der Waals surface area (Å²) in [4.78, 5) is 2.22. The van der Waals surface area contributed by atoms with E-state index in [1.807, 2.05) is 0 Å². The van der Waals surface area contributed by atoms with Gasteiger partial charge < -0.3 is 15.5 Å². The first kappa shape index (κ1) is 13.9. The zero-order valence-electron chi connectivity index (χ0n) is 10.1. The van der Waals surface area contributed by atoms with Gasteiger partial charge in [-0.15, -0.1) is 0 Å². The quantitative estimate of drug-likeness (QED) is 0.515. The van der Waals surface area contributed by atoms with E-state index >= 15 is 0 Å². The van der Waals surface area contributed by atoms with Crippen molar-refractivity contribution in [1.29, 1.82) is 0 Å². The van der Waals surface area contributed by atoms with Crippen LogP contribution in [0.2, 0.25) is 0 Å². The minimum Gasteiger partial charge on any atom is -0.315 e. The van der Waals surface area contributed by atoms with Gasteiger partial charge in [-0.2, -0.15) is 0 Å². The molecule has 0 amide bonds. The molecule has 0 rings (SSSR count). The molecular formula is C11H27N3. The average Bonchev–Trinajstić information content (AvgIpc) is 2.15. The van der Waals surface area contributed by atoms with Crippen molar-refractivity contribution in [3.8, 4) is 0 Å². The molecule has 0 aromatic heterocycles. The van der Waals surface area contributed by atoms with Gasteiger partial charge >= 0.3 is 0 Å². The number of rotatable bonds is 10. The number of hydrogen-bond donors (Lipinski definition) is 2. The summed E-state index contributed by atoms with van der Waals surface area (Å²) in [6.45, 7) is 7.89. The Morgan fingerprint density at radius 2 is 1.43 bits per heavy atom. The van der Waals surface area contributed by atoms with Crippen molar-refractivity contribution >= 4 is 0 Å². The Labute approximate surface area is 89.2 Å². The fraction of sp³-hybridized carbons (Fsp3) is 1.00. The normalized spacial score (nSPS) is 11.1. The molecule has 86 valence electrons. The topological polar surface area (TPSA) is 27.3 Å². The van der Waals surface area contributed by atoms with E-state index in [0.717, 1.165) is 26.2 Å². The second-order valence-electron chi connectivity index (χ2n) is 4.01. The molecule has 0 unspecified atom stereocenters. The van der Waals surface area contributed by atoms with Gasteiger partial charge in [-0.25, -0.2) is 0 Å². The highest BCUT2D eigenvalue weighted by Gasteiger charge is 1.90. The predicted molar refractivity (Wildman–Crippen MR) is 63.8 cm³/mol. The Bertz CT molecular complexity index is 105. The summed E-state index contributed by atoms with van der Waals surface area (Å²) in [6.07, 6.45) is 3.81. The molecule has 0 aliphatic rings. The molecular weight excluding hydrogens is 174 g/mol. The zero-order chi connectivity index (χ0) is 10.6. The van der Waals surface area contributed by atoms with Gasteiger partial charge in [0.25, 0.3) is 0 Å². The monoisotopic (exact) mass is 201 g/mol. The third-order valence-corrected chi connectivity index (χ3v) is 2.14. The molecule has 0 saturated heterocycles. The Morgan fingerprint density at radius 1 is 0.857 bits per heavy atom. The van der Waals surface area contributed by atoms with Crippen LogP contribution in [0.5, 0.6) is 0 Å². The molecule has 0 bridgehead atoms. The molecule has 3 nitrogen and oxygen atoms in total. The van der Waals surface area contributed by atoms with E-state index in [1.54, 1.807) is 0 Å². The van der Waals surface area contributed by atoms with Crippen molar-refractivity contribution < 1.29 is 0 Å². The summed E-state index contributed by atoms with van der Waals surface area (Å²) in [5, 5.41) is 6.84. The van der Waals surface area contributed by atoms with Crippen LogP contribution in [-0.4, -0.2) is 51.7 Å². The molecule has 0 radical (unpaired) electrons. The summed E-state index contributed by atoms with van der Waals surface area (Å²) < 4.78 is 0. The number of hydrogen-bond acceptors (Lipinski definition) is 3. The Morgan fingerprint density at radius 3 is 1.93 bits per heavy atom. The van der Waals surface area contributed by atoms with E-state index in [0.29, 0.717) is 0 Å². The largest absolute Gasteiger partial charge is 0.315 e. The van der Waals surface area contributed by atoms with Crippen LogP contribution in [0.1, 0.15) is 26.2 Å². The van der Waals surface area contributed by atoms with E-state index in [1.165, 1.54) is 25.8 Å². The van der Waals surface area contributed by atoms with Crippen molar-refractivity contribution in [2.45, 2.75) is 26.2 Å². The van der Waals surface area contributed by atoms with Crippen molar-refractivity contribution in [2.24, 2.45) is 0 Å². The zero-order valence-corrected chi connectivity index (χ0v) is 10.1. The SMILES string of the molecule is CCCCNCCNCCCN(C)C. The lowest BCUT2D eigenvalue weighted by Gasteiger charge is -2.10. The van der Waals surface area contributed by atoms with Crippen molar-refractivity contribution in [1.82, 2.24) is 15.5 Å². The molecule has 0 heterocycles. The van der Waals surface area contributed by atoms with Crippen LogP contribution in [0.15, 0.2) is 0 Å². The number of unbranched alkanes of at least 4 members (excludes halogenated alkanes) is 1. The van der Waals surface area contributed by atoms with Gasteiger partial charge in [-0.1, -0.05) is 13.3 Å². The minimum absolute atomic E-state index is 1.09. The van der Waals surface area contributed by atoms with Gasteiger partial charge in [0.15, 0.2) is 0 Å². The fourth-order valence-corrected chi connectivity index (χ4v) is 1.25. The molecule has 0 aliphatic carbocycles. The molecule has 0 saturated carbocycles. The summed E-state index contributed by atoms with van der Waals surface area (Å²) in [7, 11) is 4.23. The van der Waals surface area contributed by atoms with Crippen LogP contribution in [-0.2, 0) is 0 Å². The lowest BCUT2D eigenvalue weighted by atomic mass is 10.3. The number of nitrogens with one attached hydrogen (secondary N) is 2. The van der Waals surface area contributed by atoms with Crippen LogP contribution >= 0.6 is 0 Å². The van der Waals surface area contributed by atoms with Crippen LogP contribution in [0.3, 0.4) is 0 Å². The van der Waals surface area contributed by atoms with E-state index < -0.39 is 0 Å². The Balaban J connectivity index is 2.85. The standard InChI is InChI=1S/C11H27N3/c1-4-5-7-12-9-10-13-8-6-11-14(2)3/h12-13H,4-11H2,1-3H3. The maximum Gasteiger partial charge on any atom is 0.00767 e.